The first-order chi connectivity index (χ1) is 13.5. The Bertz CT molecular complexity index is 1070. The highest BCUT2D eigenvalue weighted by molar-refractivity contribution is 7.17. The van der Waals surface area contributed by atoms with E-state index >= 15 is 0 Å². The standard InChI is InChI=1S/C21H21FN4OS/c1-12-23-18-6-7-28-20(18)21(24-12)25-9-15-10-26(13(2)27)19(17(15)11-25)14-4-3-5-16(22)8-14/h3-8,15,17,19H,9-11H2,1-2H3/t15-,17-,19+/m1/s1. The molecule has 3 aromatic rings. The predicted molar refractivity (Wildman–Crippen MR) is 108 cm³/mol. The van der Waals surface area contributed by atoms with Gasteiger partial charge in [0.15, 0.2) is 0 Å². The zero-order chi connectivity index (χ0) is 19.4. The van der Waals surface area contributed by atoms with Crippen molar-refractivity contribution in [3.63, 3.8) is 0 Å². The Morgan fingerprint density at radius 2 is 2.07 bits per heavy atom. The molecule has 144 valence electrons. The van der Waals surface area contributed by atoms with Crippen LogP contribution in [0.15, 0.2) is 35.7 Å². The summed E-state index contributed by atoms with van der Waals surface area (Å²) >= 11 is 1.66. The van der Waals surface area contributed by atoms with E-state index in [9.17, 15) is 9.18 Å². The first kappa shape index (κ1) is 17.6. The Morgan fingerprint density at radius 3 is 2.86 bits per heavy atom. The fraction of sp³-hybridized carbons (Fsp3) is 0.381. The number of carbonyl (C=O) groups is 1. The molecule has 0 N–H and O–H groups in total. The van der Waals surface area contributed by atoms with Gasteiger partial charge in [0.25, 0.3) is 0 Å². The second-order valence-corrected chi connectivity index (χ2v) is 8.65. The number of anilines is 1. The third kappa shape index (κ3) is 2.76. The number of hydrogen-bond donors (Lipinski definition) is 0. The van der Waals surface area contributed by atoms with E-state index in [-0.39, 0.29) is 23.7 Å². The van der Waals surface area contributed by atoms with Gasteiger partial charge in [0.1, 0.15) is 17.5 Å². The van der Waals surface area contributed by atoms with Gasteiger partial charge in [0.05, 0.1) is 16.3 Å². The molecule has 0 aliphatic carbocycles. The van der Waals surface area contributed by atoms with Gasteiger partial charge in [0, 0.05) is 38.4 Å². The topological polar surface area (TPSA) is 49.3 Å². The molecule has 4 heterocycles. The van der Waals surface area contributed by atoms with Crippen molar-refractivity contribution >= 4 is 33.3 Å². The number of benzene rings is 1. The first-order valence-corrected chi connectivity index (χ1v) is 10.4. The molecule has 1 aromatic carbocycles. The number of thiophene rings is 1. The molecule has 7 heteroatoms. The quantitative estimate of drug-likeness (QED) is 0.661. The highest BCUT2D eigenvalue weighted by Gasteiger charge is 2.49. The lowest BCUT2D eigenvalue weighted by molar-refractivity contribution is -0.130. The number of aromatic nitrogens is 2. The van der Waals surface area contributed by atoms with Crippen LogP contribution in [0.4, 0.5) is 10.2 Å². The van der Waals surface area contributed by atoms with Crippen molar-refractivity contribution in [1.82, 2.24) is 14.9 Å². The molecule has 5 nitrogen and oxygen atoms in total. The minimum absolute atomic E-state index is 0.0498. The number of nitrogens with zero attached hydrogens (tertiary/aromatic N) is 4. The van der Waals surface area contributed by atoms with Crippen LogP contribution in [0.25, 0.3) is 10.2 Å². The fourth-order valence-corrected chi connectivity index (χ4v) is 5.68. The normalized spacial score (nSPS) is 24.2. The van der Waals surface area contributed by atoms with E-state index in [4.69, 9.17) is 4.98 Å². The molecule has 5 rings (SSSR count). The first-order valence-electron chi connectivity index (χ1n) is 9.50. The van der Waals surface area contributed by atoms with Crippen LogP contribution in [-0.4, -0.2) is 40.4 Å². The molecule has 0 bridgehead atoms. The van der Waals surface area contributed by atoms with Crippen LogP contribution in [-0.2, 0) is 4.79 Å². The van der Waals surface area contributed by atoms with E-state index in [0.717, 1.165) is 40.5 Å². The summed E-state index contributed by atoms with van der Waals surface area (Å²) in [6.45, 7) is 5.89. The molecule has 0 unspecified atom stereocenters. The highest BCUT2D eigenvalue weighted by Crippen LogP contribution is 2.46. The monoisotopic (exact) mass is 396 g/mol. The van der Waals surface area contributed by atoms with Gasteiger partial charge in [-0.05, 0) is 36.1 Å². The fourth-order valence-electron chi connectivity index (χ4n) is 4.84. The summed E-state index contributed by atoms with van der Waals surface area (Å²) in [5.41, 5.74) is 1.86. The van der Waals surface area contributed by atoms with E-state index in [0.29, 0.717) is 12.5 Å². The summed E-state index contributed by atoms with van der Waals surface area (Å²) in [5.74, 6) is 2.16. The molecule has 0 radical (unpaired) electrons. The van der Waals surface area contributed by atoms with Crippen LogP contribution >= 0.6 is 11.3 Å². The number of aryl methyl sites for hydroxylation is 1. The van der Waals surface area contributed by atoms with Crippen LogP contribution < -0.4 is 4.90 Å². The van der Waals surface area contributed by atoms with Gasteiger partial charge in [-0.1, -0.05) is 12.1 Å². The Balaban J connectivity index is 1.51. The van der Waals surface area contributed by atoms with Crippen LogP contribution in [0.5, 0.6) is 0 Å². The summed E-state index contributed by atoms with van der Waals surface area (Å²) in [5, 5.41) is 2.05. The van der Waals surface area contributed by atoms with E-state index in [1.807, 2.05) is 29.3 Å². The molecule has 2 aromatic heterocycles. The zero-order valence-electron chi connectivity index (χ0n) is 15.8. The van der Waals surface area contributed by atoms with E-state index in [1.54, 1.807) is 30.4 Å². The zero-order valence-corrected chi connectivity index (χ0v) is 16.6. The van der Waals surface area contributed by atoms with Gasteiger partial charge >= 0.3 is 0 Å². The van der Waals surface area contributed by atoms with Gasteiger partial charge in [-0.15, -0.1) is 11.3 Å². The minimum Gasteiger partial charge on any atom is -0.355 e. The molecule has 0 spiro atoms. The molecule has 2 aliphatic heterocycles. The van der Waals surface area contributed by atoms with Crippen molar-refractivity contribution in [2.45, 2.75) is 19.9 Å². The number of amides is 1. The molecule has 1 amide bonds. The maximum atomic E-state index is 13.9. The van der Waals surface area contributed by atoms with Gasteiger partial charge in [-0.3, -0.25) is 4.79 Å². The third-order valence-electron chi connectivity index (χ3n) is 5.96. The molecule has 0 saturated carbocycles. The van der Waals surface area contributed by atoms with E-state index < -0.39 is 0 Å². The number of carbonyl (C=O) groups excluding carboxylic acids is 1. The highest BCUT2D eigenvalue weighted by atomic mass is 32.1. The van der Waals surface area contributed by atoms with Gasteiger partial charge in [-0.25, -0.2) is 14.4 Å². The SMILES string of the molecule is CC(=O)N1C[C@H]2CN(c3nc(C)nc4ccsc34)C[C@H]2[C@@H]1c1cccc(F)c1. The Labute approximate surface area is 166 Å². The van der Waals surface area contributed by atoms with Gasteiger partial charge in [-0.2, -0.15) is 0 Å². The number of fused-ring (bicyclic) bond motifs is 2. The van der Waals surface area contributed by atoms with Crippen molar-refractivity contribution in [3.8, 4) is 0 Å². The van der Waals surface area contributed by atoms with Crippen LogP contribution in [0, 0.1) is 24.6 Å². The van der Waals surface area contributed by atoms with E-state index in [1.165, 1.54) is 6.07 Å². The van der Waals surface area contributed by atoms with E-state index in [2.05, 4.69) is 9.88 Å². The summed E-state index contributed by atoms with van der Waals surface area (Å²) in [7, 11) is 0. The molecular weight excluding hydrogens is 375 g/mol. The number of likely N-dealkylation sites (tertiary alicyclic amines) is 1. The lowest BCUT2D eigenvalue weighted by Crippen LogP contribution is -2.34. The molecule has 3 atom stereocenters. The number of hydrogen-bond acceptors (Lipinski definition) is 5. The lowest BCUT2D eigenvalue weighted by atomic mass is 9.89. The Hall–Kier alpha value is -2.54. The van der Waals surface area contributed by atoms with Crippen molar-refractivity contribution in [2.75, 3.05) is 24.5 Å². The smallest absolute Gasteiger partial charge is 0.219 e. The number of halogens is 1. The predicted octanol–water partition coefficient (Wildman–Crippen LogP) is 3.79. The summed E-state index contributed by atoms with van der Waals surface area (Å²) in [4.78, 5) is 25.8. The maximum absolute atomic E-state index is 13.9. The van der Waals surface area contributed by atoms with Crippen LogP contribution in [0.3, 0.4) is 0 Å². The molecular formula is C21H21FN4OS. The van der Waals surface area contributed by atoms with Crippen LogP contribution in [0.1, 0.15) is 24.4 Å². The van der Waals surface area contributed by atoms with Crippen LogP contribution in [0.2, 0.25) is 0 Å². The minimum atomic E-state index is -0.258. The second-order valence-electron chi connectivity index (χ2n) is 7.73. The lowest BCUT2D eigenvalue weighted by Gasteiger charge is -2.29. The Morgan fingerprint density at radius 1 is 1.21 bits per heavy atom. The maximum Gasteiger partial charge on any atom is 0.219 e. The Kier molecular flexibility index (Phi) is 4.08. The molecule has 2 fully saturated rings. The average molecular weight is 396 g/mol. The van der Waals surface area contributed by atoms with Crippen molar-refractivity contribution in [1.29, 1.82) is 0 Å². The largest absolute Gasteiger partial charge is 0.355 e. The molecule has 2 saturated heterocycles. The second kappa shape index (κ2) is 6.51. The molecule has 2 aliphatic rings. The number of rotatable bonds is 2. The molecule has 28 heavy (non-hydrogen) atoms. The van der Waals surface area contributed by atoms with Crippen molar-refractivity contribution < 1.29 is 9.18 Å². The van der Waals surface area contributed by atoms with Gasteiger partial charge in [0.2, 0.25) is 5.91 Å². The van der Waals surface area contributed by atoms with Gasteiger partial charge < -0.3 is 9.80 Å². The summed E-state index contributed by atoms with van der Waals surface area (Å²) < 4.78 is 15.0. The summed E-state index contributed by atoms with van der Waals surface area (Å²) in [6, 6.07) is 8.61. The summed E-state index contributed by atoms with van der Waals surface area (Å²) in [6.07, 6.45) is 0. The van der Waals surface area contributed by atoms with Crippen molar-refractivity contribution in [2.24, 2.45) is 11.8 Å². The third-order valence-corrected chi connectivity index (χ3v) is 6.86. The average Bonchev–Trinajstić information content (AvgIpc) is 3.34. The van der Waals surface area contributed by atoms with Crippen molar-refractivity contribution in [3.05, 3.63) is 52.9 Å².